The first-order valence-corrected chi connectivity index (χ1v) is 12.0. The van der Waals surface area contributed by atoms with Crippen molar-refractivity contribution in [1.82, 2.24) is 16.3 Å². The first kappa shape index (κ1) is 28.0. The van der Waals surface area contributed by atoms with E-state index in [-0.39, 0.29) is 38.5 Å². The fourth-order valence-electron chi connectivity index (χ4n) is 3.85. The number of fused-ring (bicyclic) bond motifs is 1. The van der Waals surface area contributed by atoms with E-state index in [0.29, 0.717) is 16.3 Å². The Bertz CT molecular complexity index is 1410. The van der Waals surface area contributed by atoms with Crippen LogP contribution in [0.15, 0.2) is 67.0 Å². The fourth-order valence-corrected chi connectivity index (χ4v) is 4.45. The van der Waals surface area contributed by atoms with Crippen LogP contribution in [-0.4, -0.2) is 25.4 Å². The Labute approximate surface area is 229 Å². The smallest absolute Gasteiger partial charge is 0.327 e. The lowest BCUT2D eigenvalue weighted by Crippen LogP contribution is -2.42. The van der Waals surface area contributed by atoms with Crippen molar-refractivity contribution in [3.63, 3.8) is 0 Å². The molecule has 38 heavy (non-hydrogen) atoms. The Morgan fingerprint density at radius 2 is 1.74 bits per heavy atom. The molecule has 0 spiro atoms. The summed E-state index contributed by atoms with van der Waals surface area (Å²) in [4.78, 5) is 22.6. The van der Waals surface area contributed by atoms with Gasteiger partial charge in [0.05, 0.1) is 20.8 Å². The molecule has 1 amide bonds. The van der Waals surface area contributed by atoms with Crippen molar-refractivity contribution in [2.75, 3.05) is 13.3 Å². The van der Waals surface area contributed by atoms with Crippen LogP contribution in [0.3, 0.4) is 0 Å². The minimum atomic E-state index is -4.91. The quantitative estimate of drug-likeness (QED) is 0.116. The number of hydrogen-bond donors (Lipinski definition) is 3. The van der Waals surface area contributed by atoms with Gasteiger partial charge in [-0.2, -0.15) is 13.2 Å². The van der Waals surface area contributed by atoms with Gasteiger partial charge in [0, 0.05) is 29.1 Å². The summed E-state index contributed by atoms with van der Waals surface area (Å²) in [6.45, 7) is -0.834. The van der Waals surface area contributed by atoms with E-state index in [1.54, 1.807) is 24.3 Å². The molecule has 1 aliphatic heterocycles. The van der Waals surface area contributed by atoms with Crippen molar-refractivity contribution in [2.24, 2.45) is 0 Å². The van der Waals surface area contributed by atoms with Crippen LogP contribution in [0.2, 0.25) is 15.1 Å². The molecule has 0 bridgehead atoms. The summed E-state index contributed by atoms with van der Waals surface area (Å²) < 4.78 is 55.3. The summed E-state index contributed by atoms with van der Waals surface area (Å²) in [5, 5.41) is 3.08. The van der Waals surface area contributed by atoms with Gasteiger partial charge in [-0.25, -0.2) is 4.39 Å². The number of amides is 1. The highest BCUT2D eigenvalue weighted by molar-refractivity contribution is 6.48. The van der Waals surface area contributed by atoms with E-state index in [4.69, 9.17) is 44.5 Å². The SMILES string of the molecule is O=C(NC=CNOCCF)c1ccc(C2=CC(c3cc(Cl)c(Cl)c(Cl)c3)(C(F)(F)F)ON2)c2ccccc12. The standard InChI is InChI=1S/C25H18Cl3F4N3O3/c26-19-11-14(12-20(27)22(19)28)24(25(30,31)32)13-21(35-38-24)17-5-6-18(16-4-2-1-3-15(16)17)23(36)33-8-9-34-37-10-7-29/h1-6,8-9,11-13,34-35H,7,10H2,(H,33,36). The highest BCUT2D eigenvalue weighted by atomic mass is 35.5. The number of halogens is 7. The van der Waals surface area contributed by atoms with Crippen molar-refractivity contribution in [1.29, 1.82) is 0 Å². The predicted molar refractivity (Wildman–Crippen MR) is 137 cm³/mol. The predicted octanol–water partition coefficient (Wildman–Crippen LogP) is 6.83. The van der Waals surface area contributed by atoms with Crippen LogP contribution < -0.4 is 16.3 Å². The zero-order valence-corrected chi connectivity index (χ0v) is 21.4. The maximum atomic E-state index is 14.4. The summed E-state index contributed by atoms with van der Waals surface area (Å²) in [6.07, 6.45) is -1.50. The van der Waals surface area contributed by atoms with Gasteiger partial charge in [0.1, 0.15) is 13.3 Å². The molecule has 3 aromatic carbocycles. The van der Waals surface area contributed by atoms with Gasteiger partial charge >= 0.3 is 6.18 Å². The van der Waals surface area contributed by atoms with Gasteiger partial charge in [0.2, 0.25) is 5.60 Å². The summed E-state index contributed by atoms with van der Waals surface area (Å²) in [6, 6.07) is 11.8. The molecule has 0 aromatic heterocycles. The van der Waals surface area contributed by atoms with Gasteiger partial charge in [-0.1, -0.05) is 65.1 Å². The van der Waals surface area contributed by atoms with Crippen molar-refractivity contribution in [3.8, 4) is 0 Å². The molecule has 1 atom stereocenters. The molecule has 3 aromatic rings. The molecular weight excluding hydrogens is 573 g/mol. The van der Waals surface area contributed by atoms with E-state index < -0.39 is 24.4 Å². The van der Waals surface area contributed by atoms with Crippen molar-refractivity contribution in [3.05, 3.63) is 98.8 Å². The number of hydroxylamine groups is 2. The van der Waals surface area contributed by atoms with Gasteiger partial charge in [-0.05, 0) is 35.0 Å². The van der Waals surface area contributed by atoms with Crippen molar-refractivity contribution in [2.45, 2.75) is 11.8 Å². The van der Waals surface area contributed by atoms with Crippen LogP contribution in [0.5, 0.6) is 0 Å². The third-order valence-corrected chi connectivity index (χ3v) is 6.79. The fraction of sp³-hybridized carbons (Fsp3) is 0.160. The Hall–Kier alpha value is -3.02. The van der Waals surface area contributed by atoms with Crippen molar-refractivity contribution < 1.29 is 32.0 Å². The number of alkyl halides is 4. The van der Waals surface area contributed by atoms with Crippen LogP contribution in [-0.2, 0) is 15.3 Å². The van der Waals surface area contributed by atoms with E-state index in [1.165, 1.54) is 24.5 Å². The molecule has 4 rings (SSSR count). The Morgan fingerprint density at radius 1 is 1.05 bits per heavy atom. The largest absolute Gasteiger partial charge is 0.428 e. The maximum absolute atomic E-state index is 14.4. The third kappa shape index (κ3) is 5.41. The van der Waals surface area contributed by atoms with Gasteiger partial charge in [-0.15, -0.1) is 0 Å². The van der Waals surface area contributed by atoms with Crippen molar-refractivity contribution >= 4 is 57.2 Å². The lowest BCUT2D eigenvalue weighted by Gasteiger charge is -2.29. The minimum Gasteiger partial charge on any atom is -0.327 e. The van der Waals surface area contributed by atoms with Crippen LogP contribution in [0.25, 0.3) is 16.5 Å². The Kier molecular flexibility index (Phi) is 8.39. The van der Waals surface area contributed by atoms with E-state index in [2.05, 4.69) is 16.3 Å². The first-order chi connectivity index (χ1) is 18.1. The van der Waals surface area contributed by atoms with Gasteiger partial charge in [0.25, 0.3) is 5.91 Å². The lowest BCUT2D eigenvalue weighted by atomic mass is 9.90. The zero-order chi connectivity index (χ0) is 27.5. The molecule has 1 aliphatic rings. The molecule has 1 unspecified atom stereocenters. The van der Waals surface area contributed by atoms with Crippen LogP contribution in [0.1, 0.15) is 21.5 Å². The summed E-state index contributed by atoms with van der Waals surface area (Å²) in [5.74, 6) is -0.490. The summed E-state index contributed by atoms with van der Waals surface area (Å²) in [7, 11) is 0. The van der Waals surface area contributed by atoms with E-state index in [9.17, 15) is 22.4 Å². The summed E-state index contributed by atoms with van der Waals surface area (Å²) in [5.41, 5.74) is 2.06. The van der Waals surface area contributed by atoms with Gasteiger partial charge in [-0.3, -0.25) is 25.4 Å². The number of carbonyl (C=O) groups excluding carboxylic acids is 1. The Morgan fingerprint density at radius 3 is 2.39 bits per heavy atom. The minimum absolute atomic E-state index is 0.0155. The Balaban J connectivity index is 1.73. The molecule has 13 heteroatoms. The highest BCUT2D eigenvalue weighted by Gasteiger charge is 2.60. The average molecular weight is 591 g/mol. The second-order valence-corrected chi connectivity index (χ2v) is 9.11. The first-order valence-electron chi connectivity index (χ1n) is 10.9. The summed E-state index contributed by atoms with van der Waals surface area (Å²) >= 11 is 17.9. The molecule has 6 nitrogen and oxygen atoms in total. The van der Waals surface area contributed by atoms with Crippen LogP contribution in [0, 0.1) is 0 Å². The molecule has 0 aliphatic carbocycles. The number of benzene rings is 3. The normalized spacial score (nSPS) is 17.5. The molecule has 3 N–H and O–H groups in total. The second kappa shape index (κ2) is 11.4. The monoisotopic (exact) mass is 589 g/mol. The third-order valence-electron chi connectivity index (χ3n) is 5.59. The van der Waals surface area contributed by atoms with Gasteiger partial charge < -0.3 is 5.32 Å². The maximum Gasteiger partial charge on any atom is 0.428 e. The molecule has 0 saturated carbocycles. The zero-order valence-electron chi connectivity index (χ0n) is 19.1. The van der Waals surface area contributed by atoms with E-state index >= 15 is 0 Å². The molecule has 0 saturated heterocycles. The molecule has 1 heterocycles. The number of carbonyl (C=O) groups is 1. The van der Waals surface area contributed by atoms with Crippen LogP contribution in [0.4, 0.5) is 17.6 Å². The number of nitrogens with one attached hydrogen (secondary N) is 3. The lowest BCUT2D eigenvalue weighted by molar-refractivity contribution is -0.269. The van der Waals surface area contributed by atoms with E-state index in [1.807, 2.05) is 0 Å². The highest BCUT2D eigenvalue weighted by Crippen LogP contribution is 2.49. The topological polar surface area (TPSA) is 71.6 Å². The number of hydrogen-bond acceptors (Lipinski definition) is 5. The van der Waals surface area contributed by atoms with E-state index in [0.717, 1.165) is 18.2 Å². The van der Waals surface area contributed by atoms with Gasteiger partial charge in [0.15, 0.2) is 0 Å². The molecular formula is C25H18Cl3F4N3O3. The molecule has 200 valence electrons. The molecule has 0 fully saturated rings. The average Bonchev–Trinajstić information content (AvgIpc) is 3.35. The second-order valence-electron chi connectivity index (χ2n) is 7.92. The number of rotatable bonds is 8. The van der Waals surface area contributed by atoms with Crippen LogP contribution >= 0.6 is 34.8 Å². The molecule has 0 radical (unpaired) electrons.